The molecule has 0 aliphatic carbocycles. The summed E-state index contributed by atoms with van der Waals surface area (Å²) in [4.78, 5) is 30.6. The van der Waals surface area contributed by atoms with E-state index in [0.29, 0.717) is 38.3 Å². The largest absolute Gasteiger partial charge is 0.530 e. The van der Waals surface area contributed by atoms with Gasteiger partial charge in [-0.3, -0.25) is 14.6 Å². The summed E-state index contributed by atoms with van der Waals surface area (Å²) >= 11 is 1.60. The first-order valence-electron chi connectivity index (χ1n) is 10.1. The van der Waals surface area contributed by atoms with Gasteiger partial charge in [-0.05, 0) is 30.7 Å². The maximum absolute atomic E-state index is 13.5. The zero-order valence-electron chi connectivity index (χ0n) is 17.3. The topological polar surface area (TPSA) is 84.9 Å². The Morgan fingerprint density at radius 1 is 1.13 bits per heavy atom. The molecule has 1 N–H and O–H groups in total. The molecule has 0 spiro atoms. The van der Waals surface area contributed by atoms with E-state index in [9.17, 15) is 14.7 Å². The molecule has 9 heteroatoms. The molecule has 166 valence electrons. The number of benzene rings is 2. The Balaban J connectivity index is 0.00000272. The summed E-state index contributed by atoms with van der Waals surface area (Å²) < 4.78 is 5.39. The summed E-state index contributed by atoms with van der Waals surface area (Å²) in [6.45, 7) is 5.67. The number of ether oxygens (including phenoxy) is 1. The van der Waals surface area contributed by atoms with E-state index in [1.165, 1.54) is 0 Å². The van der Waals surface area contributed by atoms with Crippen LogP contribution >= 0.6 is 24.2 Å². The number of amides is 2. The van der Waals surface area contributed by atoms with Crippen LogP contribution in [-0.4, -0.2) is 49.7 Å². The Labute approximate surface area is 192 Å². The van der Waals surface area contributed by atoms with Gasteiger partial charge < -0.3 is 20.0 Å². The van der Waals surface area contributed by atoms with Crippen LogP contribution in [0, 0.1) is 0 Å². The fourth-order valence-electron chi connectivity index (χ4n) is 3.94. The number of carbonyl (C=O) groups excluding carboxylic acids is 2. The second-order valence-corrected chi connectivity index (χ2v) is 8.29. The second-order valence-electron chi connectivity index (χ2n) is 7.21. The Bertz CT molecular complexity index is 966. The van der Waals surface area contributed by atoms with Crippen molar-refractivity contribution in [2.45, 2.75) is 29.6 Å². The molecular formula is C22H25ClN3O4S-. The van der Waals surface area contributed by atoms with Gasteiger partial charge in [-0.15, -0.1) is 12.4 Å². The smallest absolute Gasteiger partial charge is 0.232 e. The molecule has 31 heavy (non-hydrogen) atoms. The van der Waals surface area contributed by atoms with Crippen molar-refractivity contribution in [3.63, 3.8) is 0 Å². The van der Waals surface area contributed by atoms with Crippen LogP contribution in [0.4, 0.5) is 21.9 Å². The minimum Gasteiger partial charge on any atom is -0.530 e. The maximum atomic E-state index is 13.5. The quantitative estimate of drug-likeness (QED) is 0.734. The highest BCUT2D eigenvalue weighted by Crippen LogP contribution is 2.51. The zero-order chi connectivity index (χ0) is 21.1. The fourth-order valence-corrected chi connectivity index (χ4v) is 5.04. The highest BCUT2D eigenvalue weighted by atomic mass is 35.5. The summed E-state index contributed by atoms with van der Waals surface area (Å²) in [6, 6.07) is 11.4. The minimum absolute atomic E-state index is 0. The number of carboxylic acid groups (broad SMARTS) is 1. The molecule has 2 aromatic rings. The van der Waals surface area contributed by atoms with Crippen molar-refractivity contribution < 1.29 is 19.4 Å². The number of halogens is 1. The van der Waals surface area contributed by atoms with Crippen molar-refractivity contribution in [2.24, 2.45) is 0 Å². The van der Waals surface area contributed by atoms with E-state index in [-0.39, 0.29) is 18.3 Å². The number of anilines is 3. The first-order chi connectivity index (χ1) is 14.6. The third-order valence-electron chi connectivity index (χ3n) is 5.38. The van der Waals surface area contributed by atoms with Crippen molar-refractivity contribution in [1.82, 2.24) is 4.90 Å². The van der Waals surface area contributed by atoms with Crippen LogP contribution in [-0.2, 0) is 16.0 Å². The molecule has 2 aromatic carbocycles. The van der Waals surface area contributed by atoms with Gasteiger partial charge in [-0.25, -0.2) is 0 Å². The Morgan fingerprint density at radius 2 is 1.87 bits per heavy atom. The number of rotatable bonds is 5. The zero-order valence-corrected chi connectivity index (χ0v) is 18.9. The summed E-state index contributed by atoms with van der Waals surface area (Å²) in [7, 11) is 0. The van der Waals surface area contributed by atoms with E-state index in [2.05, 4.69) is 10.2 Å². The molecule has 0 atom stereocenters. The van der Waals surface area contributed by atoms with E-state index in [1.54, 1.807) is 22.7 Å². The number of nitrogens with zero attached hydrogens (tertiary/aromatic N) is 2. The first kappa shape index (κ1) is 23.4. The van der Waals surface area contributed by atoms with Crippen LogP contribution in [0.25, 0.3) is 0 Å². The monoisotopic (exact) mass is 462 g/mol. The average Bonchev–Trinajstić information content (AvgIpc) is 2.76. The van der Waals surface area contributed by atoms with Crippen molar-refractivity contribution >= 4 is 53.2 Å². The summed E-state index contributed by atoms with van der Waals surface area (Å²) in [5, 5.41) is 13.6. The van der Waals surface area contributed by atoms with Crippen molar-refractivity contribution in [3.05, 3.63) is 42.0 Å². The van der Waals surface area contributed by atoms with Gasteiger partial charge in [0.2, 0.25) is 5.91 Å². The van der Waals surface area contributed by atoms with Crippen LogP contribution in [0.2, 0.25) is 0 Å². The number of fused-ring (bicyclic) bond motifs is 2. The number of morpholine rings is 1. The van der Waals surface area contributed by atoms with Gasteiger partial charge in [0.25, 0.3) is 0 Å². The van der Waals surface area contributed by atoms with Crippen LogP contribution in [0.15, 0.2) is 46.2 Å². The van der Waals surface area contributed by atoms with Crippen molar-refractivity contribution in [3.8, 4) is 0 Å². The third kappa shape index (κ3) is 4.98. The van der Waals surface area contributed by atoms with E-state index in [0.717, 1.165) is 39.8 Å². The molecule has 1 saturated heterocycles. The molecule has 1 fully saturated rings. The van der Waals surface area contributed by atoms with Crippen LogP contribution < -0.4 is 15.3 Å². The molecule has 0 unspecified atom stereocenters. The van der Waals surface area contributed by atoms with Gasteiger partial charge >= 0.3 is 0 Å². The molecule has 0 saturated carbocycles. The SMILES string of the molecule is CCc1c(NC(=O)[O-])ccc2c1N(C(=O)CCN1CCOCC1)c1ccccc1S2.Cl. The summed E-state index contributed by atoms with van der Waals surface area (Å²) in [6.07, 6.45) is -0.409. The molecule has 7 nitrogen and oxygen atoms in total. The van der Waals surface area contributed by atoms with E-state index >= 15 is 0 Å². The lowest BCUT2D eigenvalue weighted by Gasteiger charge is -2.34. The minimum atomic E-state index is -1.36. The lowest BCUT2D eigenvalue weighted by Crippen LogP contribution is -2.39. The number of hydrogen-bond donors (Lipinski definition) is 1. The highest BCUT2D eigenvalue weighted by Gasteiger charge is 2.31. The van der Waals surface area contributed by atoms with Gasteiger partial charge in [0.15, 0.2) is 0 Å². The second kappa shape index (κ2) is 10.4. The van der Waals surface area contributed by atoms with Gasteiger partial charge in [0.05, 0.1) is 24.6 Å². The van der Waals surface area contributed by atoms with Gasteiger partial charge in [-0.2, -0.15) is 0 Å². The normalized spacial score (nSPS) is 15.5. The molecule has 4 rings (SSSR count). The fraction of sp³-hybridized carbons (Fsp3) is 0.364. The van der Waals surface area contributed by atoms with Gasteiger partial charge in [0, 0.05) is 47.1 Å². The van der Waals surface area contributed by atoms with Gasteiger partial charge in [0.1, 0.15) is 6.09 Å². The summed E-state index contributed by atoms with van der Waals surface area (Å²) in [5.74, 6) is -0.00390. The lowest BCUT2D eigenvalue weighted by atomic mass is 10.0. The predicted molar refractivity (Wildman–Crippen MR) is 122 cm³/mol. The van der Waals surface area contributed by atoms with Crippen LogP contribution in [0.1, 0.15) is 18.9 Å². The Morgan fingerprint density at radius 3 is 2.58 bits per heavy atom. The molecule has 0 aromatic heterocycles. The average molecular weight is 463 g/mol. The van der Waals surface area contributed by atoms with E-state index in [1.807, 2.05) is 37.3 Å². The lowest BCUT2D eigenvalue weighted by molar-refractivity contribution is -0.242. The number of para-hydroxylation sites is 1. The Hall–Kier alpha value is -2.26. The van der Waals surface area contributed by atoms with Crippen molar-refractivity contribution in [2.75, 3.05) is 43.1 Å². The van der Waals surface area contributed by atoms with Crippen molar-refractivity contribution in [1.29, 1.82) is 0 Å². The predicted octanol–water partition coefficient (Wildman–Crippen LogP) is 3.28. The molecule has 0 bridgehead atoms. The number of carbonyl (C=O) groups is 2. The van der Waals surface area contributed by atoms with Crippen LogP contribution in [0.3, 0.4) is 0 Å². The van der Waals surface area contributed by atoms with Crippen LogP contribution in [0.5, 0.6) is 0 Å². The molecular weight excluding hydrogens is 438 g/mol. The molecule has 2 heterocycles. The first-order valence-corrected chi connectivity index (χ1v) is 10.9. The maximum Gasteiger partial charge on any atom is 0.232 e. The molecule has 0 radical (unpaired) electrons. The standard InChI is InChI=1S/C22H25N3O4S.ClH/c1-2-15-16(23-22(27)28)7-8-19-21(15)25(17-5-3-4-6-18(17)30-19)20(26)9-10-24-11-13-29-14-12-24;/h3-8,23H,2,9-14H2,1H3,(H,27,28);1H/p-1. The van der Waals surface area contributed by atoms with E-state index in [4.69, 9.17) is 4.74 Å². The third-order valence-corrected chi connectivity index (χ3v) is 6.50. The Kier molecular flexibility index (Phi) is 7.83. The van der Waals surface area contributed by atoms with Gasteiger partial charge in [-0.1, -0.05) is 30.8 Å². The molecule has 2 aliphatic heterocycles. The summed E-state index contributed by atoms with van der Waals surface area (Å²) in [5.41, 5.74) is 2.85. The number of nitrogens with one attached hydrogen (secondary N) is 1. The number of hydrogen-bond acceptors (Lipinski definition) is 6. The molecule has 2 aliphatic rings. The highest BCUT2D eigenvalue weighted by molar-refractivity contribution is 7.99. The molecule has 2 amide bonds. The van der Waals surface area contributed by atoms with E-state index < -0.39 is 6.09 Å².